The summed E-state index contributed by atoms with van der Waals surface area (Å²) < 4.78 is 5.12. The Balaban J connectivity index is 2.05. The number of hydrogen-bond acceptors (Lipinski definition) is 2. The fraction of sp³-hybridized carbons (Fsp3) is 0.438. The quantitative estimate of drug-likeness (QED) is 0.781. The van der Waals surface area contributed by atoms with Crippen molar-refractivity contribution in [2.45, 2.75) is 26.2 Å². The summed E-state index contributed by atoms with van der Waals surface area (Å²) >= 11 is 0. The van der Waals surface area contributed by atoms with Crippen molar-refractivity contribution in [2.24, 2.45) is 0 Å². The molecular formula is C16H21NO2. The molecule has 1 aliphatic rings. The molecule has 0 aliphatic carbocycles. The fourth-order valence-corrected chi connectivity index (χ4v) is 2.36. The van der Waals surface area contributed by atoms with Gasteiger partial charge in [-0.1, -0.05) is 12.1 Å². The Bertz CT molecular complexity index is 456. The van der Waals surface area contributed by atoms with Gasteiger partial charge in [-0.2, -0.15) is 0 Å². The molecule has 0 unspecified atom stereocenters. The summed E-state index contributed by atoms with van der Waals surface area (Å²) in [5, 5.41) is 0. The first-order valence-corrected chi connectivity index (χ1v) is 6.82. The van der Waals surface area contributed by atoms with E-state index in [0.29, 0.717) is 0 Å². The van der Waals surface area contributed by atoms with Crippen LogP contribution in [0.2, 0.25) is 0 Å². The van der Waals surface area contributed by atoms with Crippen molar-refractivity contribution in [3.63, 3.8) is 0 Å². The molecule has 1 aromatic rings. The monoisotopic (exact) mass is 259 g/mol. The first-order chi connectivity index (χ1) is 9.20. The number of ether oxygens (including phenoxy) is 1. The van der Waals surface area contributed by atoms with Crippen LogP contribution in [0.3, 0.4) is 0 Å². The normalized spacial score (nSPS) is 16.3. The second-order valence-corrected chi connectivity index (χ2v) is 4.95. The molecule has 102 valence electrons. The van der Waals surface area contributed by atoms with Crippen molar-refractivity contribution in [3.8, 4) is 5.75 Å². The number of nitrogens with zero attached hydrogens (tertiary/aromatic N) is 1. The standard InChI is InChI=1S/C16H21NO2/c1-13(16(18)17-10-4-3-5-11-17)12-14-6-8-15(19-2)9-7-14/h6-9,12H,3-5,10-11H2,1-2H3. The molecule has 1 aromatic carbocycles. The van der Waals surface area contributed by atoms with E-state index in [9.17, 15) is 4.79 Å². The van der Waals surface area contributed by atoms with Crippen LogP contribution in [0.4, 0.5) is 0 Å². The molecular weight excluding hydrogens is 238 g/mol. The number of rotatable bonds is 3. The zero-order chi connectivity index (χ0) is 13.7. The summed E-state index contributed by atoms with van der Waals surface area (Å²) in [6.45, 7) is 3.68. The predicted octanol–water partition coefficient (Wildman–Crippen LogP) is 3.11. The molecule has 1 heterocycles. The topological polar surface area (TPSA) is 29.5 Å². The van der Waals surface area contributed by atoms with Gasteiger partial charge in [0.15, 0.2) is 0 Å². The zero-order valence-corrected chi connectivity index (χ0v) is 11.7. The van der Waals surface area contributed by atoms with Crippen LogP contribution in [0.1, 0.15) is 31.7 Å². The number of piperidine rings is 1. The average Bonchev–Trinajstić information content (AvgIpc) is 2.48. The van der Waals surface area contributed by atoms with Crippen LogP contribution in [0, 0.1) is 0 Å². The highest BCUT2D eigenvalue weighted by atomic mass is 16.5. The molecule has 1 fully saturated rings. The lowest BCUT2D eigenvalue weighted by atomic mass is 10.1. The van der Waals surface area contributed by atoms with Gasteiger partial charge in [0, 0.05) is 18.7 Å². The number of carbonyl (C=O) groups is 1. The number of amides is 1. The number of carbonyl (C=O) groups excluding carboxylic acids is 1. The van der Waals surface area contributed by atoms with E-state index in [1.165, 1.54) is 6.42 Å². The Labute approximate surface area is 114 Å². The SMILES string of the molecule is COc1ccc(C=C(C)C(=O)N2CCCCC2)cc1. The molecule has 0 bridgehead atoms. The van der Waals surface area contributed by atoms with Gasteiger partial charge in [-0.25, -0.2) is 0 Å². The van der Waals surface area contributed by atoms with E-state index in [1.807, 2.05) is 42.2 Å². The smallest absolute Gasteiger partial charge is 0.249 e. The summed E-state index contributed by atoms with van der Waals surface area (Å²) in [5.41, 5.74) is 1.83. The van der Waals surface area contributed by atoms with Crippen LogP contribution in [-0.2, 0) is 4.79 Å². The molecule has 1 saturated heterocycles. The van der Waals surface area contributed by atoms with Gasteiger partial charge >= 0.3 is 0 Å². The highest BCUT2D eigenvalue weighted by molar-refractivity contribution is 5.97. The number of hydrogen-bond donors (Lipinski definition) is 0. The van der Waals surface area contributed by atoms with Crippen LogP contribution in [0.15, 0.2) is 29.8 Å². The van der Waals surface area contributed by atoms with Crippen molar-refractivity contribution in [1.29, 1.82) is 0 Å². The molecule has 0 spiro atoms. The molecule has 19 heavy (non-hydrogen) atoms. The maximum atomic E-state index is 12.3. The molecule has 1 aliphatic heterocycles. The van der Waals surface area contributed by atoms with Crippen LogP contribution < -0.4 is 4.74 Å². The van der Waals surface area contributed by atoms with Crippen molar-refractivity contribution >= 4 is 12.0 Å². The predicted molar refractivity (Wildman–Crippen MR) is 77.1 cm³/mol. The summed E-state index contributed by atoms with van der Waals surface area (Å²) in [6, 6.07) is 7.74. The summed E-state index contributed by atoms with van der Waals surface area (Å²) in [6.07, 6.45) is 5.44. The average molecular weight is 259 g/mol. The minimum Gasteiger partial charge on any atom is -0.497 e. The van der Waals surface area contributed by atoms with Crippen molar-refractivity contribution in [2.75, 3.05) is 20.2 Å². The Morgan fingerprint density at radius 3 is 2.37 bits per heavy atom. The van der Waals surface area contributed by atoms with Crippen molar-refractivity contribution in [1.82, 2.24) is 4.90 Å². The van der Waals surface area contributed by atoms with Crippen LogP contribution in [0.25, 0.3) is 6.08 Å². The Kier molecular flexibility index (Phi) is 4.61. The van der Waals surface area contributed by atoms with Gasteiger partial charge < -0.3 is 9.64 Å². The zero-order valence-electron chi connectivity index (χ0n) is 11.7. The second-order valence-electron chi connectivity index (χ2n) is 4.95. The van der Waals surface area contributed by atoms with Gasteiger partial charge in [-0.15, -0.1) is 0 Å². The third-order valence-electron chi connectivity index (χ3n) is 3.48. The maximum Gasteiger partial charge on any atom is 0.249 e. The maximum absolute atomic E-state index is 12.3. The first kappa shape index (κ1) is 13.7. The lowest BCUT2D eigenvalue weighted by Crippen LogP contribution is -2.36. The minimum atomic E-state index is 0.163. The van der Waals surface area contributed by atoms with E-state index in [4.69, 9.17) is 4.74 Å². The van der Waals surface area contributed by atoms with E-state index < -0.39 is 0 Å². The molecule has 1 amide bonds. The van der Waals surface area contributed by atoms with Gasteiger partial charge in [0.2, 0.25) is 5.91 Å². The van der Waals surface area contributed by atoms with Gasteiger partial charge in [0.05, 0.1) is 7.11 Å². The molecule has 3 heteroatoms. The minimum absolute atomic E-state index is 0.163. The number of likely N-dealkylation sites (tertiary alicyclic amines) is 1. The van der Waals surface area contributed by atoms with E-state index in [1.54, 1.807) is 7.11 Å². The molecule has 0 aromatic heterocycles. The summed E-state index contributed by atoms with van der Waals surface area (Å²) in [7, 11) is 1.65. The molecule has 0 atom stereocenters. The van der Waals surface area contributed by atoms with Crippen LogP contribution in [0.5, 0.6) is 5.75 Å². The highest BCUT2D eigenvalue weighted by Gasteiger charge is 2.17. The third kappa shape index (κ3) is 3.60. The Hall–Kier alpha value is -1.77. The number of methoxy groups -OCH3 is 1. The molecule has 0 radical (unpaired) electrons. The first-order valence-electron chi connectivity index (χ1n) is 6.82. The molecule has 3 nitrogen and oxygen atoms in total. The molecule has 0 N–H and O–H groups in total. The van der Waals surface area contributed by atoms with E-state index in [2.05, 4.69) is 0 Å². The third-order valence-corrected chi connectivity index (χ3v) is 3.48. The molecule has 2 rings (SSSR count). The largest absolute Gasteiger partial charge is 0.497 e. The lowest BCUT2D eigenvalue weighted by molar-refractivity contribution is -0.127. The van der Waals surface area contributed by atoms with E-state index >= 15 is 0 Å². The van der Waals surface area contributed by atoms with Crippen LogP contribution >= 0.6 is 0 Å². The van der Waals surface area contributed by atoms with E-state index in [-0.39, 0.29) is 5.91 Å². The van der Waals surface area contributed by atoms with Gasteiger partial charge in [-0.3, -0.25) is 4.79 Å². The van der Waals surface area contributed by atoms with Crippen molar-refractivity contribution < 1.29 is 9.53 Å². The summed E-state index contributed by atoms with van der Waals surface area (Å²) in [4.78, 5) is 14.2. The van der Waals surface area contributed by atoms with Gasteiger partial charge in [0.25, 0.3) is 0 Å². The second kappa shape index (κ2) is 6.41. The van der Waals surface area contributed by atoms with Gasteiger partial charge in [-0.05, 0) is 50.0 Å². The number of benzene rings is 1. The van der Waals surface area contributed by atoms with Gasteiger partial charge in [0.1, 0.15) is 5.75 Å². The summed E-state index contributed by atoms with van der Waals surface area (Å²) in [5.74, 6) is 0.993. The van der Waals surface area contributed by atoms with E-state index in [0.717, 1.165) is 42.8 Å². The molecule has 0 saturated carbocycles. The lowest BCUT2D eigenvalue weighted by Gasteiger charge is -2.27. The Morgan fingerprint density at radius 2 is 1.79 bits per heavy atom. The van der Waals surface area contributed by atoms with Crippen molar-refractivity contribution in [3.05, 3.63) is 35.4 Å². The Morgan fingerprint density at radius 1 is 1.16 bits per heavy atom. The van der Waals surface area contributed by atoms with Crippen LogP contribution in [-0.4, -0.2) is 31.0 Å². The fourth-order valence-electron chi connectivity index (χ4n) is 2.36. The highest BCUT2D eigenvalue weighted by Crippen LogP contribution is 2.16.